The second-order valence-electron chi connectivity index (χ2n) is 7.62. The molecule has 0 spiro atoms. The van der Waals surface area contributed by atoms with Crippen LogP contribution in [0, 0.1) is 5.41 Å². The summed E-state index contributed by atoms with van der Waals surface area (Å²) in [5, 5.41) is 7.92. The topological polar surface area (TPSA) is 81.1 Å². The fourth-order valence-corrected chi connectivity index (χ4v) is 2.85. The molecule has 154 valence electrons. The van der Waals surface area contributed by atoms with Crippen LogP contribution in [0.4, 0.5) is 0 Å². The first kappa shape index (κ1) is 21.8. The zero-order valence-corrected chi connectivity index (χ0v) is 17.1. The van der Waals surface area contributed by atoms with Crippen molar-refractivity contribution in [2.24, 2.45) is 0 Å². The van der Waals surface area contributed by atoms with Crippen LogP contribution in [0.25, 0.3) is 0 Å². The highest BCUT2D eigenvalue weighted by molar-refractivity contribution is 5.82. The van der Waals surface area contributed by atoms with E-state index in [0.29, 0.717) is 32.7 Å². The molecule has 1 aromatic rings. The lowest BCUT2D eigenvalue weighted by molar-refractivity contribution is -0.221. The van der Waals surface area contributed by atoms with Gasteiger partial charge in [-0.05, 0) is 30.4 Å². The third kappa shape index (κ3) is 6.56. The molecule has 1 atom stereocenters. The number of ether oxygens (including phenoxy) is 2. The maximum Gasteiger partial charge on any atom is 0.378 e. The Morgan fingerprint density at radius 2 is 2.04 bits per heavy atom. The second-order valence-corrected chi connectivity index (χ2v) is 7.62. The van der Waals surface area contributed by atoms with Gasteiger partial charge in [0.1, 0.15) is 12.4 Å². The highest BCUT2D eigenvalue weighted by Crippen LogP contribution is 2.31. The van der Waals surface area contributed by atoms with Gasteiger partial charge in [-0.25, -0.2) is 20.0 Å². The molecule has 1 aromatic carbocycles. The van der Waals surface area contributed by atoms with Crippen LogP contribution in [0.3, 0.4) is 0 Å². The molecule has 0 aromatic heterocycles. The van der Waals surface area contributed by atoms with E-state index < -0.39 is 5.97 Å². The molecular formula is C21H30N2O5. The van der Waals surface area contributed by atoms with Gasteiger partial charge in [0.25, 0.3) is 0 Å². The number of nitrogens with zero attached hydrogens (tertiary/aromatic N) is 1. The SMILES string of the molecule is C/C=C\C(=O)OOC(=N)N1CCOC(COc2ccccc2C(C)(C)C)CC1. The van der Waals surface area contributed by atoms with Gasteiger partial charge in [0.2, 0.25) is 0 Å². The second kappa shape index (κ2) is 10.1. The molecule has 0 saturated carbocycles. The minimum Gasteiger partial charge on any atom is -0.491 e. The molecule has 1 N–H and O–H groups in total. The van der Waals surface area contributed by atoms with E-state index >= 15 is 0 Å². The van der Waals surface area contributed by atoms with E-state index in [1.54, 1.807) is 11.8 Å². The third-order valence-electron chi connectivity index (χ3n) is 4.35. The van der Waals surface area contributed by atoms with Gasteiger partial charge in [-0.1, -0.05) is 45.0 Å². The summed E-state index contributed by atoms with van der Waals surface area (Å²) in [5.74, 6) is 0.216. The van der Waals surface area contributed by atoms with E-state index in [9.17, 15) is 4.79 Å². The van der Waals surface area contributed by atoms with Crippen molar-refractivity contribution >= 4 is 12.0 Å². The Kier molecular flexibility index (Phi) is 7.87. The minimum atomic E-state index is -0.651. The predicted molar refractivity (Wildman–Crippen MR) is 106 cm³/mol. The minimum absolute atomic E-state index is 0.00543. The molecule has 7 nitrogen and oxygen atoms in total. The van der Waals surface area contributed by atoms with Gasteiger partial charge in [0.15, 0.2) is 0 Å². The first-order chi connectivity index (χ1) is 13.3. The van der Waals surface area contributed by atoms with Gasteiger partial charge in [-0.2, -0.15) is 0 Å². The van der Waals surface area contributed by atoms with Crippen LogP contribution in [0.15, 0.2) is 36.4 Å². The molecule has 7 heteroatoms. The Bertz CT molecular complexity index is 696. The van der Waals surface area contributed by atoms with Crippen LogP contribution in [-0.2, 0) is 24.7 Å². The molecule has 0 amide bonds. The summed E-state index contributed by atoms with van der Waals surface area (Å²) in [6.07, 6.45) is 3.35. The smallest absolute Gasteiger partial charge is 0.378 e. The molecule has 1 unspecified atom stereocenters. The number of allylic oxidation sites excluding steroid dienone is 1. The third-order valence-corrected chi connectivity index (χ3v) is 4.35. The van der Waals surface area contributed by atoms with E-state index in [1.807, 2.05) is 18.2 Å². The van der Waals surface area contributed by atoms with Gasteiger partial charge in [0.05, 0.1) is 12.7 Å². The first-order valence-electron chi connectivity index (χ1n) is 9.50. The van der Waals surface area contributed by atoms with Crippen molar-refractivity contribution in [3.05, 3.63) is 42.0 Å². The lowest BCUT2D eigenvalue weighted by Crippen LogP contribution is -2.35. The lowest BCUT2D eigenvalue weighted by Gasteiger charge is -2.24. The summed E-state index contributed by atoms with van der Waals surface area (Å²) >= 11 is 0. The Morgan fingerprint density at radius 1 is 1.29 bits per heavy atom. The summed E-state index contributed by atoms with van der Waals surface area (Å²) in [4.78, 5) is 22.3. The monoisotopic (exact) mass is 390 g/mol. The van der Waals surface area contributed by atoms with Crippen molar-refractivity contribution < 1.29 is 24.0 Å². The number of rotatable bonds is 4. The van der Waals surface area contributed by atoms with Crippen molar-refractivity contribution in [1.82, 2.24) is 4.90 Å². The van der Waals surface area contributed by atoms with Crippen molar-refractivity contribution in [3.8, 4) is 5.75 Å². The normalized spacial score (nSPS) is 17.9. The molecule has 1 aliphatic rings. The predicted octanol–water partition coefficient (Wildman–Crippen LogP) is 3.44. The van der Waals surface area contributed by atoms with Gasteiger partial charge < -0.3 is 14.4 Å². The van der Waals surface area contributed by atoms with Crippen molar-refractivity contribution in [2.45, 2.75) is 45.6 Å². The Labute approximate surface area is 166 Å². The Hall–Kier alpha value is -2.54. The van der Waals surface area contributed by atoms with Crippen LogP contribution in [0.2, 0.25) is 0 Å². The van der Waals surface area contributed by atoms with Crippen molar-refractivity contribution in [3.63, 3.8) is 0 Å². The summed E-state index contributed by atoms with van der Waals surface area (Å²) in [5.41, 5.74) is 1.15. The van der Waals surface area contributed by atoms with E-state index in [4.69, 9.17) is 19.8 Å². The first-order valence-corrected chi connectivity index (χ1v) is 9.50. The van der Waals surface area contributed by atoms with Gasteiger partial charge in [-0.3, -0.25) is 0 Å². The molecule has 0 radical (unpaired) electrons. The van der Waals surface area contributed by atoms with Crippen LogP contribution in [0.5, 0.6) is 5.75 Å². The fourth-order valence-electron chi connectivity index (χ4n) is 2.85. The number of carbonyl (C=O) groups is 1. The maximum atomic E-state index is 11.3. The molecule has 0 aliphatic carbocycles. The lowest BCUT2D eigenvalue weighted by atomic mass is 9.86. The van der Waals surface area contributed by atoms with Gasteiger partial charge in [-0.15, -0.1) is 0 Å². The van der Waals surface area contributed by atoms with Crippen LogP contribution >= 0.6 is 0 Å². The fraction of sp³-hybridized carbons (Fsp3) is 0.524. The summed E-state index contributed by atoms with van der Waals surface area (Å²) < 4.78 is 11.9. The molecular weight excluding hydrogens is 360 g/mol. The molecule has 1 heterocycles. The Balaban J connectivity index is 1.84. The highest BCUT2D eigenvalue weighted by atomic mass is 17.2. The molecule has 1 aliphatic heterocycles. The summed E-state index contributed by atoms with van der Waals surface area (Å²) in [6.45, 7) is 10.1. The molecule has 0 bridgehead atoms. The molecule has 1 fully saturated rings. The van der Waals surface area contributed by atoms with Crippen molar-refractivity contribution in [2.75, 3.05) is 26.3 Å². The van der Waals surface area contributed by atoms with E-state index in [0.717, 1.165) is 11.3 Å². The molecule has 1 saturated heterocycles. The number of nitrogens with one attached hydrogen (secondary N) is 1. The molecule has 28 heavy (non-hydrogen) atoms. The number of hydrogen-bond acceptors (Lipinski definition) is 6. The summed E-state index contributed by atoms with van der Waals surface area (Å²) in [7, 11) is 0. The summed E-state index contributed by atoms with van der Waals surface area (Å²) in [6, 6.07) is 7.84. The zero-order valence-electron chi connectivity index (χ0n) is 17.1. The number of carbonyl (C=O) groups excluding carboxylic acids is 1. The maximum absolute atomic E-state index is 11.3. The van der Waals surface area contributed by atoms with E-state index in [-0.39, 0.29) is 17.5 Å². The highest BCUT2D eigenvalue weighted by Gasteiger charge is 2.23. The van der Waals surface area contributed by atoms with E-state index in [2.05, 4.69) is 31.7 Å². The number of hydrogen-bond donors (Lipinski definition) is 1. The number of benzene rings is 1. The van der Waals surface area contributed by atoms with Crippen molar-refractivity contribution in [1.29, 1.82) is 5.41 Å². The largest absolute Gasteiger partial charge is 0.491 e. The average molecular weight is 390 g/mol. The van der Waals surface area contributed by atoms with Crippen LogP contribution in [-0.4, -0.2) is 49.3 Å². The van der Waals surface area contributed by atoms with Gasteiger partial charge in [0, 0.05) is 19.2 Å². The zero-order chi connectivity index (χ0) is 20.6. The van der Waals surface area contributed by atoms with Crippen LogP contribution < -0.4 is 4.74 Å². The van der Waals surface area contributed by atoms with E-state index in [1.165, 1.54) is 12.2 Å². The number of para-hydroxylation sites is 1. The quantitative estimate of drug-likeness (QED) is 0.279. The van der Waals surface area contributed by atoms with Gasteiger partial charge >= 0.3 is 12.0 Å². The number of amidine groups is 1. The van der Waals surface area contributed by atoms with Crippen LogP contribution in [0.1, 0.15) is 39.7 Å². The molecule has 2 rings (SSSR count). The standard InChI is InChI=1S/C21H30N2O5/c1-5-8-19(24)27-28-20(22)23-12-11-16(25-14-13-23)15-26-18-10-7-6-9-17(18)21(2,3)4/h5-10,16,22H,11-15H2,1-4H3/b8-5-,22-20?. The average Bonchev–Trinajstić information content (AvgIpc) is 2.90. The Morgan fingerprint density at radius 3 is 2.75 bits per heavy atom.